The predicted molar refractivity (Wildman–Crippen MR) is 224 cm³/mol. The first kappa shape index (κ1) is 31.6. The summed E-state index contributed by atoms with van der Waals surface area (Å²) in [4.78, 5) is 4.92. The first-order chi connectivity index (χ1) is 26.0. The molecule has 2 heteroatoms. The zero-order chi connectivity index (χ0) is 35.5. The highest BCUT2D eigenvalue weighted by molar-refractivity contribution is 5.89. The van der Waals surface area contributed by atoms with Crippen LogP contribution in [0.4, 0.5) is 28.4 Å². The number of para-hydroxylation sites is 1. The van der Waals surface area contributed by atoms with Gasteiger partial charge in [0.05, 0.1) is 6.04 Å². The van der Waals surface area contributed by atoms with E-state index in [0.717, 1.165) is 24.2 Å². The molecule has 2 nitrogen and oxygen atoms in total. The minimum atomic E-state index is 0.00408. The van der Waals surface area contributed by atoms with Crippen LogP contribution < -0.4 is 9.80 Å². The average molecular weight is 683 g/mol. The van der Waals surface area contributed by atoms with E-state index >= 15 is 0 Å². The Morgan fingerprint density at radius 1 is 0.604 bits per heavy atom. The zero-order valence-corrected chi connectivity index (χ0v) is 30.3. The molecule has 256 valence electrons. The summed E-state index contributed by atoms with van der Waals surface area (Å²) in [5.74, 6) is 0.323. The number of benzene rings is 6. The molecule has 1 aliphatic heterocycles. The van der Waals surface area contributed by atoms with Gasteiger partial charge in [0.1, 0.15) is 0 Å². The van der Waals surface area contributed by atoms with Crippen LogP contribution in [0.3, 0.4) is 0 Å². The molecule has 10 rings (SSSR count). The predicted octanol–water partition coefficient (Wildman–Crippen LogP) is 13.6. The topological polar surface area (TPSA) is 6.48 Å². The van der Waals surface area contributed by atoms with Gasteiger partial charge in [0, 0.05) is 39.8 Å². The largest absolute Gasteiger partial charge is 0.333 e. The zero-order valence-electron chi connectivity index (χ0n) is 30.3. The summed E-state index contributed by atoms with van der Waals surface area (Å²) in [5.41, 5.74) is 18.1. The SMILES string of the molecule is CC1(C)C2=C(C=CCC2)c2ccc(N(c3ccc(-c4ccccc4)cc3)c3ccc(-c4ccc5c(c4)C4C=CC=CC4N5c4ccccc4)cc3)cc21. The van der Waals surface area contributed by atoms with E-state index in [9.17, 15) is 0 Å². The van der Waals surface area contributed by atoms with Crippen LogP contribution >= 0.6 is 0 Å². The summed E-state index contributed by atoms with van der Waals surface area (Å²) < 4.78 is 0. The van der Waals surface area contributed by atoms with Crippen molar-refractivity contribution in [3.63, 3.8) is 0 Å². The molecule has 4 aliphatic rings. The first-order valence-electron chi connectivity index (χ1n) is 19.0. The van der Waals surface area contributed by atoms with Crippen molar-refractivity contribution in [1.29, 1.82) is 0 Å². The van der Waals surface area contributed by atoms with Crippen LogP contribution in [0.2, 0.25) is 0 Å². The van der Waals surface area contributed by atoms with Gasteiger partial charge < -0.3 is 9.80 Å². The lowest BCUT2D eigenvalue weighted by atomic mass is 9.78. The molecular formula is C51H42N2. The minimum Gasteiger partial charge on any atom is -0.333 e. The minimum absolute atomic E-state index is 0.00408. The number of nitrogens with zero attached hydrogens (tertiary/aromatic N) is 2. The molecule has 0 saturated carbocycles. The maximum atomic E-state index is 2.49. The van der Waals surface area contributed by atoms with Crippen LogP contribution in [0.25, 0.3) is 27.8 Å². The summed E-state index contributed by atoms with van der Waals surface area (Å²) in [6.45, 7) is 4.81. The molecule has 53 heavy (non-hydrogen) atoms. The maximum absolute atomic E-state index is 2.49. The number of hydrogen-bond donors (Lipinski definition) is 0. The van der Waals surface area contributed by atoms with Gasteiger partial charge in [0.15, 0.2) is 0 Å². The average Bonchev–Trinajstić information content (AvgIpc) is 3.67. The Morgan fingerprint density at radius 3 is 1.96 bits per heavy atom. The van der Waals surface area contributed by atoms with Crippen molar-refractivity contribution in [2.24, 2.45) is 0 Å². The van der Waals surface area contributed by atoms with Crippen molar-refractivity contribution in [3.8, 4) is 22.3 Å². The van der Waals surface area contributed by atoms with E-state index in [1.54, 1.807) is 5.57 Å². The molecular weight excluding hydrogens is 641 g/mol. The molecule has 0 saturated heterocycles. The Balaban J connectivity index is 1.03. The third-order valence-corrected chi connectivity index (χ3v) is 11.9. The van der Waals surface area contributed by atoms with Crippen molar-refractivity contribution in [2.75, 3.05) is 9.80 Å². The monoisotopic (exact) mass is 682 g/mol. The van der Waals surface area contributed by atoms with Crippen LogP contribution in [-0.4, -0.2) is 6.04 Å². The smallest absolute Gasteiger partial charge is 0.0629 e. The van der Waals surface area contributed by atoms with Gasteiger partial charge in [0.2, 0.25) is 0 Å². The molecule has 3 aliphatic carbocycles. The fourth-order valence-corrected chi connectivity index (χ4v) is 9.25. The molecule has 1 heterocycles. The van der Waals surface area contributed by atoms with Gasteiger partial charge in [-0.05, 0) is 118 Å². The van der Waals surface area contributed by atoms with Crippen molar-refractivity contribution >= 4 is 34.0 Å². The highest BCUT2D eigenvalue weighted by atomic mass is 15.2. The lowest BCUT2D eigenvalue weighted by Gasteiger charge is -2.29. The number of anilines is 5. The Morgan fingerprint density at radius 2 is 1.23 bits per heavy atom. The fraction of sp³-hybridized carbons (Fsp3) is 0.137. The molecule has 2 atom stereocenters. The Bertz CT molecular complexity index is 2460. The van der Waals surface area contributed by atoms with Crippen molar-refractivity contribution in [3.05, 3.63) is 204 Å². The lowest BCUT2D eigenvalue weighted by molar-refractivity contribution is 0.607. The third kappa shape index (κ3) is 5.24. The maximum Gasteiger partial charge on any atom is 0.0629 e. The molecule has 6 aromatic carbocycles. The molecule has 0 bridgehead atoms. The van der Waals surface area contributed by atoms with E-state index in [1.807, 2.05) is 0 Å². The second-order valence-electron chi connectivity index (χ2n) is 15.2. The van der Waals surface area contributed by atoms with E-state index in [1.165, 1.54) is 61.6 Å². The highest BCUT2D eigenvalue weighted by Gasteiger charge is 2.39. The molecule has 0 spiro atoms. The number of fused-ring (bicyclic) bond motifs is 5. The van der Waals surface area contributed by atoms with Crippen LogP contribution in [0.1, 0.15) is 49.3 Å². The van der Waals surface area contributed by atoms with Crippen molar-refractivity contribution in [2.45, 2.75) is 44.1 Å². The van der Waals surface area contributed by atoms with E-state index < -0.39 is 0 Å². The second kappa shape index (κ2) is 12.5. The quantitative estimate of drug-likeness (QED) is 0.173. The van der Waals surface area contributed by atoms with Gasteiger partial charge in [-0.2, -0.15) is 0 Å². The van der Waals surface area contributed by atoms with Gasteiger partial charge in [-0.1, -0.05) is 141 Å². The molecule has 0 aromatic heterocycles. The molecule has 6 aromatic rings. The van der Waals surface area contributed by atoms with Crippen molar-refractivity contribution in [1.82, 2.24) is 0 Å². The molecule has 0 amide bonds. The standard InChI is InChI=1S/C51H42N2/c1-51(2)47-19-11-9-17-43(47)44-31-30-42(34-48(44)51)52(40-26-21-36(22-27-40)35-13-5-3-6-14-35)41-28-23-37(24-29-41)38-25-32-50-46(33-38)45-18-10-12-20-49(45)53(50)39-15-7-4-8-16-39/h3-10,12-18,20-34,45,49H,11,19H2,1-2H3. The Kier molecular flexibility index (Phi) is 7.47. The van der Waals surface area contributed by atoms with E-state index in [-0.39, 0.29) is 11.5 Å². The number of hydrogen-bond acceptors (Lipinski definition) is 2. The number of allylic oxidation sites excluding steroid dienone is 6. The molecule has 0 fully saturated rings. The second-order valence-corrected chi connectivity index (χ2v) is 15.2. The van der Waals surface area contributed by atoms with Gasteiger partial charge in [0.25, 0.3) is 0 Å². The summed E-state index contributed by atoms with van der Waals surface area (Å²) in [5, 5.41) is 0. The number of rotatable bonds is 6. The van der Waals surface area contributed by atoms with Crippen LogP contribution in [-0.2, 0) is 5.41 Å². The Hall–Kier alpha value is -6.12. The fourth-order valence-electron chi connectivity index (χ4n) is 9.25. The molecule has 2 unspecified atom stereocenters. The van der Waals surface area contributed by atoms with E-state index in [2.05, 4.69) is 206 Å². The summed E-state index contributed by atoms with van der Waals surface area (Å²) in [7, 11) is 0. The van der Waals surface area contributed by atoms with Gasteiger partial charge in [-0.15, -0.1) is 0 Å². The molecule has 0 radical (unpaired) electrons. The van der Waals surface area contributed by atoms with E-state index in [0.29, 0.717) is 5.92 Å². The normalized spacial score (nSPS) is 18.8. The Labute approximate surface area is 313 Å². The van der Waals surface area contributed by atoms with E-state index in [4.69, 9.17) is 0 Å². The van der Waals surface area contributed by atoms with Gasteiger partial charge >= 0.3 is 0 Å². The van der Waals surface area contributed by atoms with Gasteiger partial charge in [-0.25, -0.2) is 0 Å². The highest BCUT2D eigenvalue weighted by Crippen LogP contribution is 2.52. The third-order valence-electron chi connectivity index (χ3n) is 11.9. The lowest BCUT2D eigenvalue weighted by Crippen LogP contribution is -2.28. The van der Waals surface area contributed by atoms with Gasteiger partial charge in [-0.3, -0.25) is 0 Å². The summed E-state index contributed by atoms with van der Waals surface area (Å²) in [6, 6.07) is 54.1. The van der Waals surface area contributed by atoms with Crippen molar-refractivity contribution < 1.29 is 0 Å². The van der Waals surface area contributed by atoms with Crippen LogP contribution in [0, 0.1) is 0 Å². The summed E-state index contributed by atoms with van der Waals surface area (Å²) >= 11 is 0. The summed E-state index contributed by atoms with van der Waals surface area (Å²) in [6.07, 6.45) is 16.0. The van der Waals surface area contributed by atoms with Crippen LogP contribution in [0.5, 0.6) is 0 Å². The molecule has 0 N–H and O–H groups in total. The first-order valence-corrected chi connectivity index (χ1v) is 19.0. The van der Waals surface area contributed by atoms with Crippen LogP contribution in [0.15, 0.2) is 188 Å².